The largest absolute Gasteiger partial charge is 0.364 e. The van der Waals surface area contributed by atoms with Gasteiger partial charge in [-0.1, -0.05) is 6.92 Å². The van der Waals surface area contributed by atoms with Gasteiger partial charge in [-0.15, -0.1) is 0 Å². The highest BCUT2D eigenvalue weighted by Gasteiger charge is 1.99. The molecule has 0 bridgehead atoms. The van der Waals surface area contributed by atoms with E-state index in [-0.39, 0.29) is 5.56 Å². The van der Waals surface area contributed by atoms with Crippen molar-refractivity contribution >= 4 is 5.82 Å². The van der Waals surface area contributed by atoms with Crippen LogP contribution in [0.15, 0.2) is 17.2 Å². The standard InChI is InChI=1S/C9H16N4O/c1-3-10-4-5-11-8-9(14)13(2)7-6-12-8/h6-7,10H,3-5H2,1-2H3,(H,11,12). The summed E-state index contributed by atoms with van der Waals surface area (Å²) >= 11 is 0. The molecule has 0 aliphatic heterocycles. The number of hydrogen-bond acceptors (Lipinski definition) is 4. The first-order chi connectivity index (χ1) is 6.75. The molecule has 2 N–H and O–H groups in total. The summed E-state index contributed by atoms with van der Waals surface area (Å²) in [4.78, 5) is 15.4. The summed E-state index contributed by atoms with van der Waals surface area (Å²) < 4.78 is 1.50. The molecule has 0 radical (unpaired) electrons. The molecule has 0 amide bonds. The Kier molecular flexibility index (Phi) is 4.12. The lowest BCUT2D eigenvalue weighted by atomic mass is 10.5. The van der Waals surface area contributed by atoms with Crippen molar-refractivity contribution in [1.29, 1.82) is 0 Å². The van der Waals surface area contributed by atoms with Crippen LogP contribution in [0.4, 0.5) is 5.82 Å². The zero-order chi connectivity index (χ0) is 10.4. The Balaban J connectivity index is 2.51. The van der Waals surface area contributed by atoms with Gasteiger partial charge in [0, 0.05) is 32.5 Å². The van der Waals surface area contributed by atoms with Gasteiger partial charge < -0.3 is 15.2 Å². The average Bonchev–Trinajstić information content (AvgIpc) is 2.19. The normalized spacial score (nSPS) is 10.1. The van der Waals surface area contributed by atoms with Gasteiger partial charge in [0.15, 0.2) is 5.82 Å². The van der Waals surface area contributed by atoms with E-state index in [1.165, 1.54) is 4.57 Å². The number of aryl methyl sites for hydroxylation is 1. The quantitative estimate of drug-likeness (QED) is 0.640. The molecule has 1 aromatic rings. The first kappa shape index (κ1) is 10.7. The van der Waals surface area contributed by atoms with Crippen molar-refractivity contribution < 1.29 is 0 Å². The smallest absolute Gasteiger partial charge is 0.293 e. The fourth-order valence-corrected chi connectivity index (χ4v) is 1.07. The molecule has 1 heterocycles. The Labute approximate surface area is 83.2 Å². The molecular formula is C9H16N4O. The highest BCUT2D eigenvalue weighted by atomic mass is 16.1. The van der Waals surface area contributed by atoms with E-state index >= 15 is 0 Å². The molecule has 1 aromatic heterocycles. The maximum absolute atomic E-state index is 11.5. The van der Waals surface area contributed by atoms with E-state index in [9.17, 15) is 4.79 Å². The summed E-state index contributed by atoms with van der Waals surface area (Å²) in [6.07, 6.45) is 3.24. The average molecular weight is 196 g/mol. The molecule has 0 aromatic carbocycles. The number of nitrogens with one attached hydrogen (secondary N) is 2. The second-order valence-electron chi connectivity index (χ2n) is 2.97. The van der Waals surface area contributed by atoms with Crippen molar-refractivity contribution in [1.82, 2.24) is 14.9 Å². The van der Waals surface area contributed by atoms with Crippen LogP contribution in [0.1, 0.15) is 6.92 Å². The lowest BCUT2D eigenvalue weighted by molar-refractivity contribution is 0.735. The molecule has 0 atom stereocenters. The van der Waals surface area contributed by atoms with E-state index in [1.807, 2.05) is 6.92 Å². The van der Waals surface area contributed by atoms with Crippen LogP contribution in [0, 0.1) is 0 Å². The third kappa shape index (κ3) is 2.85. The second kappa shape index (κ2) is 5.39. The SMILES string of the molecule is CCNCCNc1nccn(C)c1=O. The zero-order valence-electron chi connectivity index (χ0n) is 8.58. The fraction of sp³-hybridized carbons (Fsp3) is 0.556. The lowest BCUT2D eigenvalue weighted by Gasteiger charge is -2.05. The van der Waals surface area contributed by atoms with Gasteiger partial charge in [0.1, 0.15) is 0 Å². The number of rotatable bonds is 5. The molecule has 5 nitrogen and oxygen atoms in total. The monoisotopic (exact) mass is 196 g/mol. The summed E-state index contributed by atoms with van der Waals surface area (Å²) in [5.41, 5.74) is -0.0935. The van der Waals surface area contributed by atoms with E-state index in [1.54, 1.807) is 19.4 Å². The highest BCUT2D eigenvalue weighted by molar-refractivity contribution is 5.30. The van der Waals surface area contributed by atoms with E-state index in [4.69, 9.17) is 0 Å². The molecule has 0 fully saturated rings. The second-order valence-corrected chi connectivity index (χ2v) is 2.97. The van der Waals surface area contributed by atoms with Crippen LogP contribution in [0.3, 0.4) is 0 Å². The van der Waals surface area contributed by atoms with Gasteiger partial charge >= 0.3 is 0 Å². The lowest BCUT2D eigenvalue weighted by Crippen LogP contribution is -2.27. The number of anilines is 1. The van der Waals surface area contributed by atoms with Gasteiger partial charge in [-0.2, -0.15) is 0 Å². The molecular weight excluding hydrogens is 180 g/mol. The molecule has 1 rings (SSSR count). The summed E-state index contributed by atoms with van der Waals surface area (Å²) in [5, 5.41) is 6.14. The Morgan fingerprint density at radius 1 is 1.50 bits per heavy atom. The Hall–Kier alpha value is -1.36. The van der Waals surface area contributed by atoms with Gasteiger partial charge in [0.05, 0.1) is 0 Å². The maximum Gasteiger partial charge on any atom is 0.293 e. The minimum absolute atomic E-state index is 0.0935. The Morgan fingerprint density at radius 3 is 3.00 bits per heavy atom. The third-order valence-corrected chi connectivity index (χ3v) is 1.86. The third-order valence-electron chi connectivity index (χ3n) is 1.86. The van der Waals surface area contributed by atoms with E-state index in [0.29, 0.717) is 12.4 Å². The zero-order valence-corrected chi connectivity index (χ0v) is 8.58. The molecule has 0 saturated heterocycles. The van der Waals surface area contributed by atoms with Crippen LogP contribution >= 0.6 is 0 Å². The summed E-state index contributed by atoms with van der Waals surface area (Å²) in [6, 6.07) is 0. The topological polar surface area (TPSA) is 59.0 Å². The molecule has 0 aliphatic carbocycles. The highest BCUT2D eigenvalue weighted by Crippen LogP contribution is 1.89. The Morgan fingerprint density at radius 2 is 2.29 bits per heavy atom. The van der Waals surface area contributed by atoms with Crippen molar-refractivity contribution in [3.8, 4) is 0 Å². The van der Waals surface area contributed by atoms with Crippen LogP contribution in [0.25, 0.3) is 0 Å². The van der Waals surface area contributed by atoms with Crippen molar-refractivity contribution in [2.45, 2.75) is 6.92 Å². The minimum atomic E-state index is -0.0935. The predicted molar refractivity (Wildman–Crippen MR) is 56.5 cm³/mol. The van der Waals surface area contributed by atoms with Crippen LogP contribution in [0.2, 0.25) is 0 Å². The number of aromatic nitrogens is 2. The van der Waals surface area contributed by atoms with Gasteiger partial charge in [0.25, 0.3) is 5.56 Å². The first-order valence-electron chi connectivity index (χ1n) is 4.72. The molecule has 0 spiro atoms. The molecule has 0 aliphatic rings. The van der Waals surface area contributed by atoms with Crippen molar-refractivity contribution in [3.63, 3.8) is 0 Å². The number of hydrogen-bond donors (Lipinski definition) is 2. The predicted octanol–water partition coefficient (Wildman–Crippen LogP) is -0.198. The van der Waals surface area contributed by atoms with Crippen LogP contribution in [-0.4, -0.2) is 29.2 Å². The van der Waals surface area contributed by atoms with Gasteiger partial charge in [0.2, 0.25) is 0 Å². The molecule has 0 unspecified atom stereocenters. The van der Waals surface area contributed by atoms with E-state index in [2.05, 4.69) is 15.6 Å². The van der Waals surface area contributed by atoms with E-state index in [0.717, 1.165) is 13.1 Å². The minimum Gasteiger partial charge on any atom is -0.364 e. The number of nitrogens with zero attached hydrogens (tertiary/aromatic N) is 2. The molecule has 5 heteroatoms. The van der Waals surface area contributed by atoms with Crippen LogP contribution in [-0.2, 0) is 7.05 Å². The first-order valence-corrected chi connectivity index (χ1v) is 4.72. The van der Waals surface area contributed by atoms with Gasteiger partial charge in [-0.05, 0) is 6.54 Å². The van der Waals surface area contributed by atoms with Crippen LogP contribution in [0.5, 0.6) is 0 Å². The summed E-state index contributed by atoms with van der Waals surface area (Å²) in [7, 11) is 1.71. The van der Waals surface area contributed by atoms with Gasteiger partial charge in [-0.25, -0.2) is 4.98 Å². The summed E-state index contributed by atoms with van der Waals surface area (Å²) in [5.74, 6) is 0.410. The molecule has 14 heavy (non-hydrogen) atoms. The van der Waals surface area contributed by atoms with Gasteiger partial charge in [-0.3, -0.25) is 4.79 Å². The van der Waals surface area contributed by atoms with Crippen molar-refractivity contribution in [2.24, 2.45) is 7.05 Å². The molecule has 0 saturated carbocycles. The van der Waals surface area contributed by atoms with Crippen molar-refractivity contribution in [3.05, 3.63) is 22.7 Å². The molecule has 78 valence electrons. The number of likely N-dealkylation sites (N-methyl/N-ethyl adjacent to an activating group) is 1. The Bertz CT molecular complexity index is 334. The van der Waals surface area contributed by atoms with E-state index < -0.39 is 0 Å². The fourth-order valence-electron chi connectivity index (χ4n) is 1.07. The van der Waals surface area contributed by atoms with Crippen molar-refractivity contribution in [2.75, 3.05) is 25.0 Å². The summed E-state index contributed by atoms with van der Waals surface area (Å²) in [6.45, 7) is 4.51. The van der Waals surface area contributed by atoms with Crippen LogP contribution < -0.4 is 16.2 Å². The maximum atomic E-state index is 11.5.